The zero-order valence-electron chi connectivity index (χ0n) is 7.32. The zero-order chi connectivity index (χ0) is 8.81. The van der Waals surface area contributed by atoms with Crippen LogP contribution in [0.25, 0.3) is 6.08 Å². The summed E-state index contributed by atoms with van der Waals surface area (Å²) in [6.45, 7) is 4.55. The van der Waals surface area contributed by atoms with Crippen molar-refractivity contribution in [1.82, 2.24) is 9.97 Å². The zero-order valence-corrected chi connectivity index (χ0v) is 7.32. The highest BCUT2D eigenvalue weighted by Gasteiger charge is 1.88. The molecule has 3 nitrogen and oxygen atoms in total. The van der Waals surface area contributed by atoms with Gasteiger partial charge in [0, 0.05) is 5.69 Å². The van der Waals surface area contributed by atoms with E-state index in [1.54, 1.807) is 12.6 Å². The molecule has 1 heterocycles. The van der Waals surface area contributed by atoms with Crippen molar-refractivity contribution < 1.29 is 4.74 Å². The minimum absolute atomic E-state index is 0.681. The minimum atomic E-state index is 0.681. The highest BCUT2D eigenvalue weighted by molar-refractivity contribution is 5.42. The van der Waals surface area contributed by atoms with Crippen LogP contribution in [0.15, 0.2) is 18.7 Å². The summed E-state index contributed by atoms with van der Waals surface area (Å²) in [6, 6.07) is 1.90. The molecule has 0 saturated heterocycles. The molecule has 64 valence electrons. The summed E-state index contributed by atoms with van der Waals surface area (Å²) in [5.74, 6) is 0. The van der Waals surface area contributed by atoms with Crippen molar-refractivity contribution in [3.05, 3.63) is 30.0 Å². The Morgan fingerprint density at radius 1 is 1.50 bits per heavy atom. The lowest BCUT2D eigenvalue weighted by Gasteiger charge is -1.94. The first-order valence-electron chi connectivity index (χ1n) is 3.89. The number of aryl methyl sites for hydroxylation is 1. The van der Waals surface area contributed by atoms with Gasteiger partial charge in [-0.3, -0.25) is 0 Å². The lowest BCUT2D eigenvalue weighted by atomic mass is 10.3. The summed E-state index contributed by atoms with van der Waals surface area (Å²) in [7, 11) is 0. The van der Waals surface area contributed by atoms with Gasteiger partial charge in [-0.1, -0.05) is 0 Å². The minimum Gasteiger partial charge on any atom is -0.501 e. The molecule has 0 saturated carbocycles. The maximum absolute atomic E-state index is 5.04. The Balaban J connectivity index is 2.63. The second-order valence-electron chi connectivity index (χ2n) is 2.34. The first kappa shape index (κ1) is 8.71. The fourth-order valence-electron chi connectivity index (χ4n) is 0.780. The van der Waals surface area contributed by atoms with Crippen molar-refractivity contribution in [2.24, 2.45) is 0 Å². The van der Waals surface area contributed by atoms with Crippen molar-refractivity contribution >= 4 is 6.08 Å². The third-order valence-electron chi connectivity index (χ3n) is 1.33. The molecule has 0 aliphatic carbocycles. The summed E-state index contributed by atoms with van der Waals surface area (Å²) >= 11 is 0. The normalized spacial score (nSPS) is 10.5. The maximum atomic E-state index is 5.04. The predicted molar refractivity (Wildman–Crippen MR) is 47.4 cm³/mol. The first-order valence-corrected chi connectivity index (χ1v) is 3.89. The summed E-state index contributed by atoms with van der Waals surface area (Å²) in [4.78, 5) is 8.02. The van der Waals surface area contributed by atoms with Gasteiger partial charge in [0.1, 0.15) is 6.33 Å². The Morgan fingerprint density at radius 2 is 2.33 bits per heavy atom. The Morgan fingerprint density at radius 3 is 3.00 bits per heavy atom. The number of aromatic nitrogens is 2. The van der Waals surface area contributed by atoms with Crippen LogP contribution in [0.4, 0.5) is 0 Å². The van der Waals surface area contributed by atoms with E-state index in [4.69, 9.17) is 4.74 Å². The van der Waals surface area contributed by atoms with E-state index in [9.17, 15) is 0 Å². The van der Waals surface area contributed by atoms with Gasteiger partial charge >= 0.3 is 0 Å². The third kappa shape index (κ3) is 2.70. The summed E-state index contributed by atoms with van der Waals surface area (Å²) in [5.41, 5.74) is 1.83. The van der Waals surface area contributed by atoms with Crippen LogP contribution in [0.1, 0.15) is 18.3 Å². The SMILES string of the molecule is CCO/C=C/c1cc(C)ncn1. The van der Waals surface area contributed by atoms with Gasteiger partial charge in [-0.25, -0.2) is 9.97 Å². The standard InChI is InChI=1S/C9H12N2O/c1-3-12-5-4-9-6-8(2)10-7-11-9/h4-7H,3H2,1-2H3/b5-4+. The number of ether oxygens (including phenoxy) is 1. The average Bonchev–Trinajstić information content (AvgIpc) is 2.05. The second kappa shape index (κ2) is 4.49. The van der Waals surface area contributed by atoms with Gasteiger partial charge in [-0.05, 0) is 26.0 Å². The highest BCUT2D eigenvalue weighted by Crippen LogP contribution is 1.98. The molecule has 1 aromatic rings. The van der Waals surface area contributed by atoms with Crippen molar-refractivity contribution in [3.63, 3.8) is 0 Å². The Labute approximate surface area is 72.1 Å². The van der Waals surface area contributed by atoms with E-state index in [1.165, 1.54) is 0 Å². The topological polar surface area (TPSA) is 35.0 Å². The summed E-state index contributed by atoms with van der Waals surface area (Å²) in [5, 5.41) is 0. The van der Waals surface area contributed by atoms with Gasteiger partial charge < -0.3 is 4.74 Å². The van der Waals surface area contributed by atoms with Gasteiger partial charge in [-0.2, -0.15) is 0 Å². The lowest BCUT2D eigenvalue weighted by Crippen LogP contribution is -1.86. The van der Waals surface area contributed by atoms with Crippen LogP contribution >= 0.6 is 0 Å². The monoisotopic (exact) mass is 164 g/mol. The van der Waals surface area contributed by atoms with Gasteiger partial charge in [0.2, 0.25) is 0 Å². The molecule has 0 amide bonds. The van der Waals surface area contributed by atoms with E-state index >= 15 is 0 Å². The molecule has 0 atom stereocenters. The summed E-state index contributed by atoms with van der Waals surface area (Å²) < 4.78 is 5.04. The lowest BCUT2D eigenvalue weighted by molar-refractivity contribution is 0.272. The van der Waals surface area contributed by atoms with E-state index in [-0.39, 0.29) is 0 Å². The fraction of sp³-hybridized carbons (Fsp3) is 0.333. The number of rotatable bonds is 3. The van der Waals surface area contributed by atoms with E-state index in [0.717, 1.165) is 11.4 Å². The highest BCUT2D eigenvalue weighted by atomic mass is 16.5. The molecule has 0 bridgehead atoms. The Kier molecular flexibility index (Phi) is 3.26. The van der Waals surface area contributed by atoms with Crippen LogP contribution in [-0.2, 0) is 4.74 Å². The molecule has 1 aromatic heterocycles. The molecule has 0 aromatic carbocycles. The van der Waals surface area contributed by atoms with E-state index in [2.05, 4.69) is 9.97 Å². The molecule has 0 aliphatic heterocycles. The van der Waals surface area contributed by atoms with Crippen molar-refractivity contribution in [2.75, 3.05) is 6.61 Å². The van der Waals surface area contributed by atoms with Crippen LogP contribution in [-0.4, -0.2) is 16.6 Å². The second-order valence-corrected chi connectivity index (χ2v) is 2.34. The van der Waals surface area contributed by atoms with Gasteiger partial charge in [-0.15, -0.1) is 0 Å². The van der Waals surface area contributed by atoms with Crippen LogP contribution < -0.4 is 0 Å². The van der Waals surface area contributed by atoms with Crippen LogP contribution in [0.3, 0.4) is 0 Å². The van der Waals surface area contributed by atoms with Crippen molar-refractivity contribution in [1.29, 1.82) is 0 Å². The van der Waals surface area contributed by atoms with Gasteiger partial charge in [0.05, 0.1) is 18.6 Å². The molecule has 0 radical (unpaired) electrons. The molecule has 0 aliphatic rings. The molecule has 12 heavy (non-hydrogen) atoms. The van der Waals surface area contributed by atoms with E-state index in [0.29, 0.717) is 6.61 Å². The maximum Gasteiger partial charge on any atom is 0.116 e. The largest absolute Gasteiger partial charge is 0.501 e. The smallest absolute Gasteiger partial charge is 0.116 e. The van der Waals surface area contributed by atoms with E-state index < -0.39 is 0 Å². The van der Waals surface area contributed by atoms with E-state index in [1.807, 2.05) is 26.0 Å². The number of hydrogen-bond donors (Lipinski definition) is 0. The van der Waals surface area contributed by atoms with Crippen LogP contribution in [0.2, 0.25) is 0 Å². The van der Waals surface area contributed by atoms with Crippen molar-refractivity contribution in [3.8, 4) is 0 Å². The van der Waals surface area contributed by atoms with Crippen LogP contribution in [0.5, 0.6) is 0 Å². The van der Waals surface area contributed by atoms with Crippen LogP contribution in [0, 0.1) is 6.92 Å². The molecule has 1 rings (SSSR count). The molecule has 0 unspecified atom stereocenters. The molecule has 3 heteroatoms. The predicted octanol–water partition coefficient (Wildman–Crippen LogP) is 1.79. The molecule has 0 spiro atoms. The Bertz CT molecular complexity index is 271. The molecule has 0 fully saturated rings. The van der Waals surface area contributed by atoms with Gasteiger partial charge in [0.25, 0.3) is 0 Å². The summed E-state index contributed by atoms with van der Waals surface area (Å²) in [6.07, 6.45) is 5.00. The third-order valence-corrected chi connectivity index (χ3v) is 1.33. The quantitative estimate of drug-likeness (QED) is 0.639. The molecular formula is C9H12N2O. The fourth-order valence-corrected chi connectivity index (χ4v) is 0.780. The average molecular weight is 164 g/mol. The first-order chi connectivity index (χ1) is 5.83. The van der Waals surface area contributed by atoms with Crippen molar-refractivity contribution in [2.45, 2.75) is 13.8 Å². The molecular weight excluding hydrogens is 152 g/mol. The number of nitrogens with zero attached hydrogens (tertiary/aromatic N) is 2. The molecule has 0 N–H and O–H groups in total. The Hall–Kier alpha value is -1.38. The number of hydrogen-bond acceptors (Lipinski definition) is 3. The van der Waals surface area contributed by atoms with Gasteiger partial charge in [0.15, 0.2) is 0 Å².